The van der Waals surface area contributed by atoms with Gasteiger partial charge >= 0.3 is 0 Å². The van der Waals surface area contributed by atoms with E-state index in [9.17, 15) is 4.79 Å². The highest BCUT2D eigenvalue weighted by molar-refractivity contribution is 8.00. The van der Waals surface area contributed by atoms with Gasteiger partial charge in [-0.3, -0.25) is 4.79 Å². The molecule has 2 aromatic heterocycles. The van der Waals surface area contributed by atoms with Crippen LogP contribution in [-0.4, -0.2) is 21.1 Å². The lowest BCUT2D eigenvalue weighted by atomic mass is 10.1. The summed E-state index contributed by atoms with van der Waals surface area (Å²) in [5.41, 5.74) is 4.30. The lowest BCUT2D eigenvalue weighted by Gasteiger charge is -2.13. The van der Waals surface area contributed by atoms with Gasteiger partial charge in [0.15, 0.2) is 0 Å². The van der Waals surface area contributed by atoms with Crippen LogP contribution in [0.2, 0.25) is 0 Å². The van der Waals surface area contributed by atoms with E-state index >= 15 is 0 Å². The average Bonchev–Trinajstić information content (AvgIpc) is 3.20. The van der Waals surface area contributed by atoms with Crippen molar-refractivity contribution in [2.75, 3.05) is 5.32 Å². The topological polar surface area (TPSA) is 54.9 Å². The first-order valence-electron chi connectivity index (χ1n) is 9.49. The Morgan fingerprint density at radius 1 is 1.10 bits per heavy atom. The summed E-state index contributed by atoms with van der Waals surface area (Å²) in [6, 6.07) is 18.2. The smallest absolute Gasteiger partial charge is 0.237 e. The Balaban J connectivity index is 1.56. The van der Waals surface area contributed by atoms with Gasteiger partial charge in [0.25, 0.3) is 0 Å². The van der Waals surface area contributed by atoms with E-state index in [4.69, 9.17) is 0 Å². The van der Waals surface area contributed by atoms with Gasteiger partial charge in [0, 0.05) is 16.6 Å². The number of thiophene rings is 1. The van der Waals surface area contributed by atoms with Crippen LogP contribution in [0.4, 0.5) is 5.69 Å². The van der Waals surface area contributed by atoms with Crippen molar-refractivity contribution >= 4 is 44.9 Å². The third-order valence-electron chi connectivity index (χ3n) is 4.71. The molecule has 4 nitrogen and oxygen atoms in total. The summed E-state index contributed by atoms with van der Waals surface area (Å²) in [5, 5.41) is 6.67. The van der Waals surface area contributed by atoms with Gasteiger partial charge in [-0.05, 0) is 36.6 Å². The summed E-state index contributed by atoms with van der Waals surface area (Å²) in [4.78, 5) is 22.6. The molecule has 0 aliphatic heterocycles. The average molecular weight is 420 g/mol. The van der Waals surface area contributed by atoms with Crippen molar-refractivity contribution in [3.05, 3.63) is 71.9 Å². The van der Waals surface area contributed by atoms with Crippen LogP contribution in [0, 0.1) is 0 Å². The minimum absolute atomic E-state index is 0.0394. The molecule has 146 valence electrons. The van der Waals surface area contributed by atoms with Crippen LogP contribution in [0.25, 0.3) is 21.3 Å². The number of benzene rings is 2. The second kappa shape index (κ2) is 8.76. The highest BCUT2D eigenvalue weighted by Gasteiger charge is 2.20. The van der Waals surface area contributed by atoms with Gasteiger partial charge in [0.1, 0.15) is 16.2 Å². The lowest BCUT2D eigenvalue weighted by molar-refractivity contribution is -0.115. The number of carbonyl (C=O) groups excluding carboxylic acids is 1. The Kier molecular flexibility index (Phi) is 5.92. The Labute approximate surface area is 178 Å². The Bertz CT molecular complexity index is 1120. The normalized spacial score (nSPS) is 12.1. The first-order chi connectivity index (χ1) is 14.2. The van der Waals surface area contributed by atoms with E-state index in [2.05, 4.69) is 39.7 Å². The van der Waals surface area contributed by atoms with Crippen LogP contribution < -0.4 is 5.32 Å². The molecule has 0 fully saturated rings. The van der Waals surface area contributed by atoms with Crippen molar-refractivity contribution in [3.63, 3.8) is 0 Å². The zero-order valence-electron chi connectivity index (χ0n) is 16.3. The fourth-order valence-corrected chi connectivity index (χ4v) is 4.97. The number of amides is 1. The van der Waals surface area contributed by atoms with E-state index in [0.29, 0.717) is 0 Å². The fraction of sp³-hybridized carbons (Fsp3) is 0.174. The molecular weight excluding hydrogens is 398 g/mol. The molecule has 0 aliphatic carbocycles. The first-order valence-corrected chi connectivity index (χ1v) is 11.3. The molecule has 0 bridgehead atoms. The van der Waals surface area contributed by atoms with Crippen LogP contribution >= 0.6 is 23.1 Å². The van der Waals surface area contributed by atoms with Crippen molar-refractivity contribution in [2.45, 2.75) is 30.5 Å². The Hall–Kier alpha value is -2.70. The molecule has 4 aromatic rings. The van der Waals surface area contributed by atoms with E-state index < -0.39 is 0 Å². The molecule has 0 radical (unpaired) electrons. The molecule has 0 saturated carbocycles. The Morgan fingerprint density at radius 3 is 2.59 bits per heavy atom. The monoisotopic (exact) mass is 419 g/mol. The highest BCUT2D eigenvalue weighted by Crippen LogP contribution is 2.39. The van der Waals surface area contributed by atoms with Gasteiger partial charge in [0.05, 0.1) is 10.6 Å². The quantitative estimate of drug-likeness (QED) is 0.306. The number of fused-ring (bicyclic) bond motifs is 1. The van der Waals surface area contributed by atoms with Gasteiger partial charge in [-0.2, -0.15) is 0 Å². The number of carbonyl (C=O) groups is 1. The van der Waals surface area contributed by atoms with Crippen molar-refractivity contribution in [1.29, 1.82) is 0 Å². The maximum Gasteiger partial charge on any atom is 0.237 e. The second-order valence-electron chi connectivity index (χ2n) is 6.67. The number of aromatic nitrogens is 2. The van der Waals surface area contributed by atoms with E-state index in [1.807, 2.05) is 49.4 Å². The molecule has 6 heteroatoms. The maximum absolute atomic E-state index is 12.7. The van der Waals surface area contributed by atoms with E-state index in [-0.39, 0.29) is 11.2 Å². The molecule has 29 heavy (non-hydrogen) atoms. The summed E-state index contributed by atoms with van der Waals surface area (Å²) in [5.74, 6) is -0.0394. The lowest BCUT2D eigenvalue weighted by Crippen LogP contribution is -2.22. The minimum atomic E-state index is -0.289. The highest BCUT2D eigenvalue weighted by atomic mass is 32.2. The van der Waals surface area contributed by atoms with Gasteiger partial charge in [-0.25, -0.2) is 9.97 Å². The summed E-state index contributed by atoms with van der Waals surface area (Å²) in [7, 11) is 0. The van der Waals surface area contributed by atoms with Crippen molar-refractivity contribution in [1.82, 2.24) is 9.97 Å². The molecule has 0 spiro atoms. The van der Waals surface area contributed by atoms with Crippen LogP contribution in [-0.2, 0) is 11.2 Å². The molecule has 0 unspecified atom stereocenters. The van der Waals surface area contributed by atoms with E-state index in [0.717, 1.165) is 38.5 Å². The van der Waals surface area contributed by atoms with Crippen molar-refractivity contribution < 1.29 is 4.79 Å². The van der Waals surface area contributed by atoms with E-state index in [1.165, 1.54) is 17.3 Å². The molecule has 0 saturated heterocycles. The van der Waals surface area contributed by atoms with Gasteiger partial charge in [0.2, 0.25) is 5.91 Å². The van der Waals surface area contributed by atoms with Crippen LogP contribution in [0.5, 0.6) is 0 Å². The third kappa shape index (κ3) is 4.33. The van der Waals surface area contributed by atoms with Gasteiger partial charge in [-0.15, -0.1) is 11.3 Å². The molecule has 1 N–H and O–H groups in total. The molecular formula is C23H21N3OS2. The number of rotatable bonds is 6. The van der Waals surface area contributed by atoms with Gasteiger partial charge < -0.3 is 5.32 Å². The Morgan fingerprint density at radius 2 is 1.86 bits per heavy atom. The predicted octanol–water partition coefficient (Wildman–Crippen LogP) is 6.04. The predicted molar refractivity (Wildman–Crippen MR) is 123 cm³/mol. The van der Waals surface area contributed by atoms with Crippen LogP contribution in [0.1, 0.15) is 19.4 Å². The number of anilines is 1. The molecule has 2 heterocycles. The number of aryl methyl sites for hydroxylation is 1. The molecule has 1 atom stereocenters. The number of hydrogen-bond donors (Lipinski definition) is 1. The summed E-state index contributed by atoms with van der Waals surface area (Å²) < 4.78 is 0. The second-order valence-corrected chi connectivity index (χ2v) is 8.86. The standard InChI is InChI=1S/C23H21N3OS2/c1-3-16-9-11-18(12-10-16)26-21(27)15(2)29-23-20-19(17-7-5-4-6-8-17)13-28-22(20)24-14-25-23/h4-15H,3H2,1-2H3,(H,26,27)/t15-/m0/s1. The number of thioether (sulfide) groups is 1. The SMILES string of the molecule is CCc1ccc(NC(=O)[C@H](C)Sc2ncnc3scc(-c4ccccc4)c23)cc1. The third-order valence-corrected chi connectivity index (χ3v) is 6.69. The largest absolute Gasteiger partial charge is 0.325 e. The summed E-state index contributed by atoms with van der Waals surface area (Å²) in [6.45, 7) is 4.02. The summed E-state index contributed by atoms with van der Waals surface area (Å²) >= 11 is 3.06. The first kappa shape index (κ1) is 19.6. The molecule has 2 aromatic carbocycles. The zero-order valence-corrected chi connectivity index (χ0v) is 17.9. The molecule has 4 rings (SSSR count). The van der Waals surface area contributed by atoms with Crippen LogP contribution in [0.15, 0.2) is 71.3 Å². The van der Waals surface area contributed by atoms with Gasteiger partial charge in [-0.1, -0.05) is 61.2 Å². The molecule has 1 amide bonds. The number of hydrogen-bond acceptors (Lipinski definition) is 5. The summed E-state index contributed by atoms with van der Waals surface area (Å²) in [6.07, 6.45) is 2.55. The zero-order chi connectivity index (χ0) is 20.2. The maximum atomic E-state index is 12.7. The molecule has 0 aliphatic rings. The number of nitrogens with one attached hydrogen (secondary N) is 1. The van der Waals surface area contributed by atoms with Crippen molar-refractivity contribution in [2.24, 2.45) is 0 Å². The van der Waals surface area contributed by atoms with E-state index in [1.54, 1.807) is 17.7 Å². The minimum Gasteiger partial charge on any atom is -0.325 e. The fourth-order valence-electron chi connectivity index (χ4n) is 3.06. The van der Waals surface area contributed by atoms with Crippen molar-refractivity contribution in [3.8, 4) is 11.1 Å². The number of nitrogens with zero attached hydrogens (tertiary/aromatic N) is 2. The van der Waals surface area contributed by atoms with Crippen LogP contribution in [0.3, 0.4) is 0 Å².